The van der Waals surface area contributed by atoms with Gasteiger partial charge in [0, 0.05) is 24.0 Å². The van der Waals surface area contributed by atoms with Crippen molar-refractivity contribution in [2.24, 2.45) is 5.92 Å². The molecule has 0 spiro atoms. The number of anilines is 1. The van der Waals surface area contributed by atoms with E-state index in [9.17, 15) is 13.2 Å². The fourth-order valence-corrected chi connectivity index (χ4v) is 7.45. The van der Waals surface area contributed by atoms with Crippen LogP contribution in [0.5, 0.6) is 0 Å². The fraction of sp³-hybridized carbons (Fsp3) is 0.259. The maximum absolute atomic E-state index is 13.9. The van der Waals surface area contributed by atoms with Gasteiger partial charge >= 0.3 is 0 Å². The van der Waals surface area contributed by atoms with E-state index >= 15 is 0 Å². The third-order valence-corrected chi connectivity index (χ3v) is 10.3. The number of sulfonamides is 1. The molecule has 2 heterocycles. The molecule has 1 aliphatic heterocycles. The minimum absolute atomic E-state index is 0.0553. The lowest BCUT2D eigenvalue weighted by Gasteiger charge is -2.33. The summed E-state index contributed by atoms with van der Waals surface area (Å²) in [4.78, 5) is 20.6. The number of hydrogen-bond donors (Lipinski definition) is 0. The molecule has 3 aromatic carbocycles. The molecule has 1 aliphatic rings. The molecule has 1 amide bonds. The van der Waals surface area contributed by atoms with Crippen molar-refractivity contribution in [2.75, 3.05) is 18.0 Å². The molecule has 1 fully saturated rings. The standard InChI is InChI=1S/C27H25Cl2N3O3S2/c1-18-7-12-23(29)25-24(18)30-27(36-25)32(17-19-5-3-2-4-6-19)26(33)20-13-15-31(16-14-20)37(34,35)22-10-8-21(28)9-11-22/h2-12,20H,13-17H2,1H3. The van der Waals surface area contributed by atoms with E-state index in [1.165, 1.54) is 27.8 Å². The van der Waals surface area contributed by atoms with Crippen LogP contribution in [0.25, 0.3) is 10.2 Å². The van der Waals surface area contributed by atoms with Gasteiger partial charge in [0.25, 0.3) is 0 Å². The van der Waals surface area contributed by atoms with Gasteiger partial charge in [-0.25, -0.2) is 13.4 Å². The molecule has 0 radical (unpaired) electrons. The van der Waals surface area contributed by atoms with Crippen LogP contribution in [-0.4, -0.2) is 36.7 Å². The molecule has 1 saturated heterocycles. The third-order valence-electron chi connectivity index (χ3n) is 6.62. The van der Waals surface area contributed by atoms with Gasteiger partial charge in [0.2, 0.25) is 15.9 Å². The molecule has 6 nitrogen and oxygen atoms in total. The van der Waals surface area contributed by atoms with E-state index in [1.807, 2.05) is 49.4 Å². The first kappa shape index (κ1) is 26.1. The van der Waals surface area contributed by atoms with Crippen molar-refractivity contribution >= 4 is 65.8 Å². The van der Waals surface area contributed by atoms with Crippen molar-refractivity contribution in [2.45, 2.75) is 31.2 Å². The number of thiazole rings is 1. The summed E-state index contributed by atoms with van der Waals surface area (Å²) < 4.78 is 28.5. The topological polar surface area (TPSA) is 70.6 Å². The first-order valence-electron chi connectivity index (χ1n) is 11.9. The van der Waals surface area contributed by atoms with Crippen molar-refractivity contribution in [1.82, 2.24) is 9.29 Å². The van der Waals surface area contributed by atoms with E-state index in [-0.39, 0.29) is 29.8 Å². The number of aromatic nitrogens is 1. The summed E-state index contributed by atoms with van der Waals surface area (Å²) >= 11 is 13.8. The molecule has 37 heavy (non-hydrogen) atoms. The lowest BCUT2D eigenvalue weighted by Crippen LogP contribution is -2.44. The highest BCUT2D eigenvalue weighted by Crippen LogP contribution is 2.37. The lowest BCUT2D eigenvalue weighted by molar-refractivity contribution is -0.123. The van der Waals surface area contributed by atoms with Gasteiger partial charge in [0.05, 0.1) is 26.7 Å². The summed E-state index contributed by atoms with van der Waals surface area (Å²) in [6.45, 7) is 2.89. The third kappa shape index (κ3) is 5.40. The van der Waals surface area contributed by atoms with Gasteiger partial charge in [-0.15, -0.1) is 0 Å². The molecule has 0 bridgehead atoms. The zero-order chi connectivity index (χ0) is 26.2. The van der Waals surface area contributed by atoms with Crippen molar-refractivity contribution in [3.8, 4) is 0 Å². The molecule has 10 heteroatoms. The molecular formula is C27H25Cl2N3O3S2. The van der Waals surface area contributed by atoms with E-state index in [4.69, 9.17) is 28.2 Å². The Morgan fingerprint density at radius 1 is 1.03 bits per heavy atom. The van der Waals surface area contributed by atoms with Crippen molar-refractivity contribution in [3.05, 3.63) is 87.9 Å². The largest absolute Gasteiger partial charge is 0.283 e. The van der Waals surface area contributed by atoms with E-state index in [2.05, 4.69) is 0 Å². The molecule has 1 aromatic heterocycles. The predicted octanol–water partition coefficient (Wildman–Crippen LogP) is 6.55. The quantitative estimate of drug-likeness (QED) is 0.262. The van der Waals surface area contributed by atoms with E-state index in [0.717, 1.165) is 21.3 Å². The zero-order valence-electron chi connectivity index (χ0n) is 20.1. The maximum atomic E-state index is 13.9. The maximum Gasteiger partial charge on any atom is 0.243 e. The molecule has 5 rings (SSSR count). The van der Waals surface area contributed by atoms with Crippen molar-refractivity contribution < 1.29 is 13.2 Å². The highest BCUT2D eigenvalue weighted by atomic mass is 35.5. The Balaban J connectivity index is 1.39. The second-order valence-electron chi connectivity index (χ2n) is 9.08. The second-order valence-corrected chi connectivity index (χ2v) is 12.8. The van der Waals surface area contributed by atoms with Gasteiger partial charge in [-0.3, -0.25) is 9.69 Å². The Bertz CT molecular complexity index is 1490. The number of nitrogens with zero attached hydrogens (tertiary/aromatic N) is 3. The summed E-state index contributed by atoms with van der Waals surface area (Å²) in [6.07, 6.45) is 0.864. The Morgan fingerprint density at radius 2 is 1.70 bits per heavy atom. The van der Waals surface area contributed by atoms with Crippen LogP contribution in [-0.2, 0) is 21.4 Å². The Morgan fingerprint density at radius 3 is 2.35 bits per heavy atom. The number of piperidine rings is 1. The lowest BCUT2D eigenvalue weighted by atomic mass is 9.96. The number of halogens is 2. The minimum atomic E-state index is -3.65. The number of amides is 1. The van der Waals surface area contributed by atoms with Crippen LogP contribution < -0.4 is 4.90 Å². The van der Waals surface area contributed by atoms with Crippen LogP contribution in [0.3, 0.4) is 0 Å². The van der Waals surface area contributed by atoms with Crippen LogP contribution in [0.2, 0.25) is 10.0 Å². The minimum Gasteiger partial charge on any atom is -0.283 e. The highest BCUT2D eigenvalue weighted by molar-refractivity contribution is 7.89. The smallest absolute Gasteiger partial charge is 0.243 e. The summed E-state index contributed by atoms with van der Waals surface area (Å²) in [5.74, 6) is -0.371. The summed E-state index contributed by atoms with van der Waals surface area (Å²) in [7, 11) is -3.65. The Labute approximate surface area is 230 Å². The van der Waals surface area contributed by atoms with Gasteiger partial charge in [0.1, 0.15) is 0 Å². The number of rotatable bonds is 6. The number of carbonyl (C=O) groups excluding carboxylic acids is 1. The molecule has 0 aliphatic carbocycles. The monoisotopic (exact) mass is 573 g/mol. The van der Waals surface area contributed by atoms with Crippen LogP contribution in [0.4, 0.5) is 5.13 Å². The molecule has 0 N–H and O–H groups in total. The van der Waals surface area contributed by atoms with Gasteiger partial charge in [0.15, 0.2) is 5.13 Å². The SMILES string of the molecule is Cc1ccc(Cl)c2sc(N(Cc3ccccc3)C(=O)C3CCN(S(=O)(=O)c4ccc(Cl)cc4)CC3)nc12. The molecule has 192 valence electrons. The summed E-state index contributed by atoms with van der Waals surface area (Å²) in [6, 6.07) is 19.7. The van der Waals surface area contributed by atoms with E-state index in [0.29, 0.717) is 34.6 Å². The molecule has 0 unspecified atom stereocenters. The van der Waals surface area contributed by atoms with Crippen molar-refractivity contribution in [1.29, 1.82) is 0 Å². The normalized spacial score (nSPS) is 15.2. The van der Waals surface area contributed by atoms with Crippen LogP contribution in [0.15, 0.2) is 71.6 Å². The number of hydrogen-bond acceptors (Lipinski definition) is 5. The first-order chi connectivity index (χ1) is 17.7. The summed E-state index contributed by atoms with van der Waals surface area (Å²) in [5, 5.41) is 1.68. The Kier molecular flexibility index (Phi) is 7.56. The van der Waals surface area contributed by atoms with Gasteiger partial charge in [-0.1, -0.05) is 70.9 Å². The van der Waals surface area contributed by atoms with Crippen LogP contribution in [0, 0.1) is 12.8 Å². The average molecular weight is 575 g/mol. The van der Waals surface area contributed by atoms with Gasteiger partial charge < -0.3 is 0 Å². The predicted molar refractivity (Wildman–Crippen MR) is 150 cm³/mol. The number of carbonyl (C=O) groups is 1. The van der Waals surface area contributed by atoms with E-state index < -0.39 is 10.0 Å². The molecule has 0 saturated carbocycles. The molecular weight excluding hydrogens is 549 g/mol. The summed E-state index contributed by atoms with van der Waals surface area (Å²) in [5.41, 5.74) is 2.78. The molecule has 0 atom stereocenters. The van der Waals surface area contributed by atoms with Crippen molar-refractivity contribution in [3.63, 3.8) is 0 Å². The van der Waals surface area contributed by atoms with E-state index in [1.54, 1.807) is 17.0 Å². The average Bonchev–Trinajstić information content (AvgIpc) is 3.37. The fourth-order valence-electron chi connectivity index (χ4n) is 4.53. The van der Waals surface area contributed by atoms with Crippen LogP contribution >= 0.6 is 34.5 Å². The number of fused-ring (bicyclic) bond motifs is 1. The van der Waals surface area contributed by atoms with Crippen LogP contribution in [0.1, 0.15) is 24.0 Å². The zero-order valence-corrected chi connectivity index (χ0v) is 23.2. The Hall–Kier alpha value is -2.49. The van der Waals surface area contributed by atoms with Gasteiger partial charge in [-0.05, 0) is 61.2 Å². The van der Waals surface area contributed by atoms with Gasteiger partial charge in [-0.2, -0.15) is 4.31 Å². The number of benzene rings is 3. The second kappa shape index (κ2) is 10.7. The molecule has 4 aromatic rings. The first-order valence-corrected chi connectivity index (χ1v) is 14.9. The highest BCUT2D eigenvalue weighted by Gasteiger charge is 2.35. The number of aryl methyl sites for hydroxylation is 1.